The number of ether oxygens (including phenoxy) is 1. The first-order chi connectivity index (χ1) is 6.70. The van der Waals surface area contributed by atoms with Crippen molar-refractivity contribution in [2.75, 3.05) is 19.8 Å². The molecule has 1 N–H and O–H groups in total. The maximum absolute atomic E-state index is 11.4. The van der Waals surface area contributed by atoms with Gasteiger partial charge in [-0.2, -0.15) is 5.10 Å². The van der Waals surface area contributed by atoms with Gasteiger partial charge in [-0.05, 0) is 0 Å². The van der Waals surface area contributed by atoms with Gasteiger partial charge in [0.2, 0.25) is 0 Å². The Kier molecular flexibility index (Phi) is 2.39. The Morgan fingerprint density at radius 1 is 1.57 bits per heavy atom. The molecule has 0 radical (unpaired) electrons. The van der Waals surface area contributed by atoms with Gasteiger partial charge in [-0.15, -0.1) is 0 Å². The molecule has 0 aromatic carbocycles. The van der Waals surface area contributed by atoms with Gasteiger partial charge in [-0.3, -0.25) is 4.57 Å². The predicted octanol–water partition coefficient (Wildman–Crippen LogP) is -1.22. The molecule has 2 heterocycles. The third-order valence-corrected chi connectivity index (χ3v) is 2.39. The van der Waals surface area contributed by atoms with Crippen LogP contribution in [0.4, 0.5) is 0 Å². The highest BCUT2D eigenvalue weighted by molar-refractivity contribution is 4.96. The highest BCUT2D eigenvalue weighted by atomic mass is 16.5. The second-order valence-corrected chi connectivity index (χ2v) is 3.41. The van der Waals surface area contributed by atoms with Crippen LogP contribution >= 0.6 is 0 Å². The highest BCUT2D eigenvalue weighted by Gasteiger charge is 2.21. The number of hydrogen-bond donors (Lipinski definition) is 1. The van der Waals surface area contributed by atoms with Crippen LogP contribution in [-0.4, -0.2) is 34.1 Å². The molecular formula is C8H14N4O2. The average molecular weight is 198 g/mol. The zero-order valence-corrected chi connectivity index (χ0v) is 8.36. The van der Waals surface area contributed by atoms with Crippen LogP contribution in [0.2, 0.25) is 0 Å². The number of aryl methyl sites for hydroxylation is 1. The standard InChI is InChI=1S/C8H14N4O2/c1-11-7(10-12(2)8(11)13)6-5-14-4-3-9-6/h6,9H,3-5H2,1-2H3. The number of nitrogens with one attached hydrogen (secondary N) is 1. The van der Waals surface area contributed by atoms with E-state index in [4.69, 9.17) is 4.74 Å². The van der Waals surface area contributed by atoms with Gasteiger partial charge >= 0.3 is 5.69 Å². The molecule has 1 saturated heterocycles. The van der Waals surface area contributed by atoms with Crippen molar-refractivity contribution in [3.8, 4) is 0 Å². The second kappa shape index (κ2) is 3.55. The molecule has 1 aromatic heterocycles. The highest BCUT2D eigenvalue weighted by Crippen LogP contribution is 2.10. The zero-order chi connectivity index (χ0) is 10.1. The minimum atomic E-state index is -0.104. The van der Waals surface area contributed by atoms with Crippen LogP contribution in [0.25, 0.3) is 0 Å². The summed E-state index contributed by atoms with van der Waals surface area (Å²) in [5.74, 6) is 0.734. The van der Waals surface area contributed by atoms with E-state index in [1.165, 1.54) is 4.68 Å². The summed E-state index contributed by atoms with van der Waals surface area (Å²) in [5.41, 5.74) is -0.104. The monoisotopic (exact) mass is 198 g/mol. The van der Waals surface area contributed by atoms with Crippen molar-refractivity contribution in [2.45, 2.75) is 6.04 Å². The van der Waals surface area contributed by atoms with Gasteiger partial charge in [0, 0.05) is 20.6 Å². The van der Waals surface area contributed by atoms with Gasteiger partial charge < -0.3 is 10.1 Å². The Bertz CT molecular complexity index is 375. The summed E-state index contributed by atoms with van der Waals surface area (Å²) in [6.45, 7) is 2.09. The first-order valence-electron chi connectivity index (χ1n) is 4.61. The summed E-state index contributed by atoms with van der Waals surface area (Å²) >= 11 is 0. The summed E-state index contributed by atoms with van der Waals surface area (Å²) in [5, 5.41) is 7.41. The van der Waals surface area contributed by atoms with Crippen molar-refractivity contribution in [3.63, 3.8) is 0 Å². The van der Waals surface area contributed by atoms with Crippen molar-refractivity contribution in [2.24, 2.45) is 14.1 Å². The molecule has 1 aliphatic rings. The quantitative estimate of drug-likeness (QED) is 0.614. The predicted molar refractivity (Wildman–Crippen MR) is 50.0 cm³/mol. The Balaban J connectivity index is 2.31. The van der Waals surface area contributed by atoms with Crippen LogP contribution in [0.15, 0.2) is 4.79 Å². The third-order valence-electron chi connectivity index (χ3n) is 2.39. The van der Waals surface area contributed by atoms with Crippen LogP contribution in [0.5, 0.6) is 0 Å². The molecule has 1 aliphatic heterocycles. The topological polar surface area (TPSA) is 61.1 Å². The van der Waals surface area contributed by atoms with E-state index < -0.39 is 0 Å². The van der Waals surface area contributed by atoms with Gasteiger partial charge in [-0.1, -0.05) is 0 Å². The van der Waals surface area contributed by atoms with E-state index in [1.54, 1.807) is 18.7 Å². The lowest BCUT2D eigenvalue weighted by Gasteiger charge is -2.22. The Hall–Kier alpha value is -1.14. The van der Waals surface area contributed by atoms with Crippen LogP contribution in [0.3, 0.4) is 0 Å². The van der Waals surface area contributed by atoms with E-state index in [0.717, 1.165) is 19.0 Å². The first-order valence-corrected chi connectivity index (χ1v) is 4.61. The minimum Gasteiger partial charge on any atom is -0.378 e. The van der Waals surface area contributed by atoms with E-state index in [0.29, 0.717) is 6.61 Å². The summed E-state index contributed by atoms with van der Waals surface area (Å²) in [6, 6.07) is 0.0302. The maximum Gasteiger partial charge on any atom is 0.345 e. The average Bonchev–Trinajstić information content (AvgIpc) is 2.47. The Labute approximate surface area is 81.5 Å². The largest absolute Gasteiger partial charge is 0.378 e. The summed E-state index contributed by atoms with van der Waals surface area (Å²) in [7, 11) is 3.37. The molecule has 0 bridgehead atoms. The minimum absolute atomic E-state index is 0.0302. The van der Waals surface area contributed by atoms with E-state index in [-0.39, 0.29) is 11.7 Å². The smallest absolute Gasteiger partial charge is 0.345 e. The number of aromatic nitrogens is 3. The first kappa shape index (κ1) is 9.42. The third kappa shape index (κ3) is 1.46. The molecule has 78 valence electrons. The maximum atomic E-state index is 11.4. The SMILES string of the molecule is Cn1nc(C2COCCN2)n(C)c1=O. The van der Waals surface area contributed by atoms with Crippen molar-refractivity contribution in [1.82, 2.24) is 19.7 Å². The van der Waals surface area contributed by atoms with Crippen molar-refractivity contribution < 1.29 is 4.74 Å². The molecule has 1 atom stereocenters. The van der Waals surface area contributed by atoms with Gasteiger partial charge in [0.05, 0.1) is 19.3 Å². The molecule has 0 amide bonds. The number of rotatable bonds is 1. The van der Waals surface area contributed by atoms with Crippen molar-refractivity contribution >= 4 is 0 Å². The summed E-state index contributed by atoms with van der Waals surface area (Å²) < 4.78 is 8.20. The van der Waals surface area contributed by atoms with Crippen LogP contribution in [0, 0.1) is 0 Å². The fraction of sp³-hybridized carbons (Fsp3) is 0.750. The Morgan fingerprint density at radius 3 is 2.86 bits per heavy atom. The molecule has 2 rings (SSSR count). The molecule has 6 heteroatoms. The molecule has 6 nitrogen and oxygen atoms in total. The summed E-state index contributed by atoms with van der Waals surface area (Å²) in [6.07, 6.45) is 0. The molecule has 0 saturated carbocycles. The van der Waals surface area contributed by atoms with Gasteiger partial charge in [0.15, 0.2) is 5.82 Å². The molecule has 0 spiro atoms. The number of nitrogens with zero attached hydrogens (tertiary/aromatic N) is 3. The van der Waals surface area contributed by atoms with E-state index in [1.807, 2.05) is 0 Å². The van der Waals surface area contributed by atoms with Crippen LogP contribution < -0.4 is 11.0 Å². The zero-order valence-electron chi connectivity index (χ0n) is 8.36. The molecule has 1 unspecified atom stereocenters. The van der Waals surface area contributed by atoms with Gasteiger partial charge in [-0.25, -0.2) is 9.48 Å². The fourth-order valence-electron chi connectivity index (χ4n) is 1.61. The van der Waals surface area contributed by atoms with Crippen LogP contribution in [0.1, 0.15) is 11.9 Å². The van der Waals surface area contributed by atoms with Crippen molar-refractivity contribution in [1.29, 1.82) is 0 Å². The van der Waals surface area contributed by atoms with E-state index in [2.05, 4.69) is 10.4 Å². The Morgan fingerprint density at radius 2 is 2.36 bits per heavy atom. The molecule has 1 fully saturated rings. The lowest BCUT2D eigenvalue weighted by molar-refractivity contribution is 0.0731. The number of morpholine rings is 1. The van der Waals surface area contributed by atoms with E-state index >= 15 is 0 Å². The molecular weight excluding hydrogens is 184 g/mol. The molecule has 1 aromatic rings. The molecule has 14 heavy (non-hydrogen) atoms. The van der Waals surface area contributed by atoms with E-state index in [9.17, 15) is 4.79 Å². The number of hydrogen-bond acceptors (Lipinski definition) is 4. The fourth-order valence-corrected chi connectivity index (χ4v) is 1.61. The second-order valence-electron chi connectivity index (χ2n) is 3.41. The lowest BCUT2D eigenvalue weighted by atomic mass is 10.2. The molecule has 0 aliphatic carbocycles. The lowest BCUT2D eigenvalue weighted by Crippen LogP contribution is -2.36. The van der Waals surface area contributed by atoms with Gasteiger partial charge in [0.1, 0.15) is 0 Å². The van der Waals surface area contributed by atoms with Crippen LogP contribution in [-0.2, 0) is 18.8 Å². The normalized spacial score (nSPS) is 22.6. The van der Waals surface area contributed by atoms with Crippen molar-refractivity contribution in [3.05, 3.63) is 16.3 Å². The summed E-state index contributed by atoms with van der Waals surface area (Å²) in [4.78, 5) is 11.4. The van der Waals surface area contributed by atoms with Gasteiger partial charge in [0.25, 0.3) is 0 Å².